The first kappa shape index (κ1) is 18.5. The van der Waals surface area contributed by atoms with Crippen LogP contribution in [-0.4, -0.2) is 59.5 Å². The lowest BCUT2D eigenvalue weighted by Gasteiger charge is -2.33. The fourth-order valence-corrected chi connectivity index (χ4v) is 3.33. The van der Waals surface area contributed by atoms with Crippen LogP contribution in [-0.2, 0) is 4.79 Å². The zero-order valence-corrected chi connectivity index (χ0v) is 14.7. The predicted molar refractivity (Wildman–Crippen MR) is 94.4 cm³/mol. The van der Waals surface area contributed by atoms with Gasteiger partial charge in [0.2, 0.25) is 5.91 Å². The van der Waals surface area contributed by atoms with Gasteiger partial charge in [0.15, 0.2) is 0 Å². The summed E-state index contributed by atoms with van der Waals surface area (Å²) < 4.78 is 0. The summed E-state index contributed by atoms with van der Waals surface area (Å²) in [6, 6.07) is 7.08. The molecule has 24 heavy (non-hydrogen) atoms. The van der Waals surface area contributed by atoms with Crippen molar-refractivity contribution in [3.63, 3.8) is 0 Å². The zero-order chi connectivity index (χ0) is 17.5. The van der Waals surface area contributed by atoms with E-state index in [1.54, 1.807) is 12.1 Å². The number of carbonyl (C=O) groups excluding carboxylic acids is 1. The van der Waals surface area contributed by atoms with Crippen molar-refractivity contribution in [2.24, 2.45) is 0 Å². The molecule has 1 heterocycles. The number of aromatic carboxylic acids is 1. The molecule has 1 aliphatic heterocycles. The molecule has 0 bridgehead atoms. The van der Waals surface area contributed by atoms with Crippen LogP contribution >= 0.6 is 0 Å². The first-order valence-electron chi connectivity index (χ1n) is 8.88. The van der Waals surface area contributed by atoms with Crippen LogP contribution in [0.25, 0.3) is 0 Å². The van der Waals surface area contributed by atoms with Gasteiger partial charge in [-0.05, 0) is 43.6 Å². The summed E-state index contributed by atoms with van der Waals surface area (Å²) in [6.07, 6.45) is 2.63. The summed E-state index contributed by atoms with van der Waals surface area (Å²) in [4.78, 5) is 27.7. The normalized spacial score (nSPS) is 18.0. The van der Waals surface area contributed by atoms with Crippen LogP contribution in [0.2, 0.25) is 0 Å². The van der Waals surface area contributed by atoms with Gasteiger partial charge in [-0.3, -0.25) is 4.79 Å². The largest absolute Gasteiger partial charge is 0.478 e. The molecule has 1 amide bonds. The summed E-state index contributed by atoms with van der Waals surface area (Å²) in [6.45, 7) is 8.58. The highest BCUT2D eigenvalue weighted by Gasteiger charge is 2.24. The van der Waals surface area contributed by atoms with E-state index in [4.69, 9.17) is 5.11 Å². The Labute approximate surface area is 144 Å². The van der Waals surface area contributed by atoms with E-state index >= 15 is 0 Å². The van der Waals surface area contributed by atoms with Crippen LogP contribution < -0.4 is 0 Å². The molecular weight excluding hydrogens is 304 g/mol. The number of nitrogens with zero attached hydrogens (tertiary/aromatic N) is 2. The third-order valence-electron chi connectivity index (χ3n) is 4.94. The van der Waals surface area contributed by atoms with Crippen molar-refractivity contribution in [2.75, 3.05) is 32.7 Å². The Kier molecular flexibility index (Phi) is 6.79. The summed E-state index contributed by atoms with van der Waals surface area (Å²) in [5.41, 5.74) is 1.43. The van der Waals surface area contributed by atoms with Gasteiger partial charge in [-0.15, -0.1) is 0 Å². The van der Waals surface area contributed by atoms with E-state index in [9.17, 15) is 9.59 Å². The Hall–Kier alpha value is -1.88. The molecule has 5 nitrogen and oxygen atoms in total. The van der Waals surface area contributed by atoms with E-state index in [0.717, 1.165) is 51.1 Å². The van der Waals surface area contributed by atoms with Crippen LogP contribution in [0.3, 0.4) is 0 Å². The third kappa shape index (κ3) is 4.81. The standard InChI is InChI=1S/C19H28N2O3/c1-3-20(4-2)13-11-18(22)21-12-5-6-17(14-21)15-7-9-16(10-8-15)19(23)24/h7-10,17H,3-6,11-14H2,1-2H3,(H,23,24)/t17-/m1/s1. The molecule has 0 saturated carbocycles. The molecule has 132 valence electrons. The van der Waals surface area contributed by atoms with Crippen molar-refractivity contribution in [1.82, 2.24) is 9.80 Å². The SMILES string of the molecule is CCN(CC)CCC(=O)N1CCC[C@@H](c2ccc(C(=O)O)cc2)C1. The van der Waals surface area contributed by atoms with E-state index in [0.29, 0.717) is 17.9 Å². The monoisotopic (exact) mass is 332 g/mol. The van der Waals surface area contributed by atoms with Gasteiger partial charge in [-0.1, -0.05) is 26.0 Å². The fourth-order valence-electron chi connectivity index (χ4n) is 3.33. The second kappa shape index (κ2) is 8.83. The molecule has 1 saturated heterocycles. The van der Waals surface area contributed by atoms with Gasteiger partial charge in [0.1, 0.15) is 0 Å². The van der Waals surface area contributed by atoms with E-state index in [-0.39, 0.29) is 5.91 Å². The van der Waals surface area contributed by atoms with Crippen LogP contribution in [0.1, 0.15) is 54.9 Å². The lowest BCUT2D eigenvalue weighted by molar-refractivity contribution is -0.132. The quantitative estimate of drug-likeness (QED) is 0.834. The predicted octanol–water partition coefficient (Wildman–Crippen LogP) is 2.82. The Morgan fingerprint density at radius 1 is 1.21 bits per heavy atom. The second-order valence-corrected chi connectivity index (χ2v) is 6.38. The van der Waals surface area contributed by atoms with Crippen molar-refractivity contribution in [2.45, 2.75) is 39.0 Å². The lowest BCUT2D eigenvalue weighted by atomic mass is 9.90. The van der Waals surface area contributed by atoms with Crippen LogP contribution in [0.15, 0.2) is 24.3 Å². The van der Waals surface area contributed by atoms with Crippen molar-refractivity contribution < 1.29 is 14.7 Å². The second-order valence-electron chi connectivity index (χ2n) is 6.38. The molecule has 1 aliphatic rings. The van der Waals surface area contributed by atoms with E-state index in [1.165, 1.54) is 0 Å². The van der Waals surface area contributed by atoms with Crippen molar-refractivity contribution >= 4 is 11.9 Å². The van der Waals surface area contributed by atoms with Gasteiger partial charge in [-0.2, -0.15) is 0 Å². The first-order valence-corrected chi connectivity index (χ1v) is 8.88. The van der Waals surface area contributed by atoms with Crippen LogP contribution in [0, 0.1) is 0 Å². The average Bonchev–Trinajstić information content (AvgIpc) is 2.62. The van der Waals surface area contributed by atoms with Gasteiger partial charge in [0.05, 0.1) is 5.56 Å². The highest BCUT2D eigenvalue weighted by atomic mass is 16.4. The zero-order valence-electron chi connectivity index (χ0n) is 14.7. The first-order chi connectivity index (χ1) is 11.5. The number of rotatable bonds is 7. The van der Waals surface area contributed by atoms with Crippen molar-refractivity contribution in [3.8, 4) is 0 Å². The molecule has 0 aromatic heterocycles. The molecule has 0 aliphatic carbocycles. The molecule has 1 aromatic rings. The number of likely N-dealkylation sites (tertiary alicyclic amines) is 1. The highest BCUT2D eigenvalue weighted by molar-refractivity contribution is 5.87. The Bertz CT molecular complexity index is 552. The molecular formula is C19H28N2O3. The molecule has 1 atom stereocenters. The molecule has 1 N–H and O–H groups in total. The van der Waals surface area contributed by atoms with Crippen LogP contribution in [0.5, 0.6) is 0 Å². The highest BCUT2D eigenvalue weighted by Crippen LogP contribution is 2.27. The van der Waals surface area contributed by atoms with E-state index in [1.807, 2.05) is 17.0 Å². The molecule has 2 rings (SSSR count). The number of amides is 1. The Morgan fingerprint density at radius 3 is 2.46 bits per heavy atom. The minimum Gasteiger partial charge on any atom is -0.478 e. The van der Waals surface area contributed by atoms with Gasteiger partial charge >= 0.3 is 5.97 Å². The Morgan fingerprint density at radius 2 is 1.88 bits per heavy atom. The van der Waals surface area contributed by atoms with E-state index in [2.05, 4.69) is 18.7 Å². The number of benzene rings is 1. The lowest BCUT2D eigenvalue weighted by Crippen LogP contribution is -2.40. The maximum Gasteiger partial charge on any atom is 0.335 e. The van der Waals surface area contributed by atoms with Crippen molar-refractivity contribution in [1.29, 1.82) is 0 Å². The van der Waals surface area contributed by atoms with Gasteiger partial charge < -0.3 is 14.9 Å². The summed E-state index contributed by atoms with van der Waals surface area (Å²) in [7, 11) is 0. The summed E-state index contributed by atoms with van der Waals surface area (Å²) >= 11 is 0. The number of piperidine rings is 1. The van der Waals surface area contributed by atoms with Crippen molar-refractivity contribution in [3.05, 3.63) is 35.4 Å². The molecule has 0 unspecified atom stereocenters. The third-order valence-corrected chi connectivity index (χ3v) is 4.94. The topological polar surface area (TPSA) is 60.9 Å². The maximum absolute atomic E-state index is 12.5. The number of carboxylic acids is 1. The number of carbonyl (C=O) groups is 2. The average molecular weight is 332 g/mol. The summed E-state index contributed by atoms with van der Waals surface area (Å²) in [5.74, 6) is -0.369. The van der Waals surface area contributed by atoms with E-state index < -0.39 is 5.97 Å². The summed E-state index contributed by atoms with van der Waals surface area (Å²) in [5, 5.41) is 8.99. The minimum atomic E-state index is -0.904. The van der Waals surface area contributed by atoms with Gasteiger partial charge in [-0.25, -0.2) is 4.79 Å². The van der Waals surface area contributed by atoms with Gasteiger partial charge in [0.25, 0.3) is 0 Å². The molecule has 1 fully saturated rings. The molecule has 5 heteroatoms. The smallest absolute Gasteiger partial charge is 0.335 e. The maximum atomic E-state index is 12.5. The molecule has 1 aromatic carbocycles. The fraction of sp³-hybridized carbons (Fsp3) is 0.579. The number of hydrogen-bond acceptors (Lipinski definition) is 3. The van der Waals surface area contributed by atoms with Gasteiger partial charge in [0, 0.05) is 32.0 Å². The van der Waals surface area contributed by atoms with Crippen LogP contribution in [0.4, 0.5) is 0 Å². The Balaban J connectivity index is 1.93. The number of carboxylic acid groups (broad SMARTS) is 1. The molecule has 0 radical (unpaired) electrons. The number of hydrogen-bond donors (Lipinski definition) is 1. The molecule has 0 spiro atoms. The minimum absolute atomic E-state index is 0.230.